The van der Waals surface area contributed by atoms with E-state index in [1.54, 1.807) is 0 Å². The summed E-state index contributed by atoms with van der Waals surface area (Å²) in [4.78, 5) is 15.6. The Labute approximate surface area is 174 Å². The fraction of sp³-hybridized carbons (Fsp3) is 0.150. The van der Waals surface area contributed by atoms with Gasteiger partial charge in [0.25, 0.3) is 5.89 Å². The van der Waals surface area contributed by atoms with Gasteiger partial charge >= 0.3 is 5.97 Å². The van der Waals surface area contributed by atoms with Crippen LogP contribution in [-0.4, -0.2) is 40.4 Å². The molecule has 0 fully saturated rings. The zero-order valence-electron chi connectivity index (χ0n) is 16.4. The molecule has 0 bridgehead atoms. The number of aliphatic hydroxyl groups is 3. The third-order valence-electron chi connectivity index (χ3n) is 3.81. The summed E-state index contributed by atoms with van der Waals surface area (Å²) in [6.07, 6.45) is 3.32. The lowest BCUT2D eigenvalue weighted by molar-refractivity contribution is -0.326. The standard InChI is InChI=1S/C18H11F2N5O4.C2H6/c19-11-1-2-13(22-8-11)17-24-16(25-29-17)14-4-9(5-15(23-14)18(26,27)28)10-3-12(20)7-21-6-10;1-2/h1-8,26-28H;1-2H3. The number of pyridine rings is 3. The van der Waals surface area contributed by atoms with Crippen LogP contribution in [0, 0.1) is 11.6 Å². The summed E-state index contributed by atoms with van der Waals surface area (Å²) in [7, 11) is 0. The third-order valence-corrected chi connectivity index (χ3v) is 3.81. The van der Waals surface area contributed by atoms with E-state index < -0.39 is 23.3 Å². The van der Waals surface area contributed by atoms with Crippen molar-refractivity contribution in [3.05, 3.63) is 66.3 Å². The Morgan fingerprint density at radius 2 is 1.61 bits per heavy atom. The van der Waals surface area contributed by atoms with Gasteiger partial charge < -0.3 is 19.8 Å². The molecule has 4 aromatic heterocycles. The van der Waals surface area contributed by atoms with E-state index in [4.69, 9.17) is 4.52 Å². The second-order valence-electron chi connectivity index (χ2n) is 5.94. The van der Waals surface area contributed by atoms with Gasteiger partial charge in [0.2, 0.25) is 5.82 Å². The lowest BCUT2D eigenvalue weighted by Crippen LogP contribution is -2.25. The summed E-state index contributed by atoms with van der Waals surface area (Å²) in [6.45, 7) is 4.00. The maximum Gasteiger partial charge on any atom is 0.322 e. The number of aromatic nitrogens is 5. The SMILES string of the molecule is CC.OC(O)(O)c1cc(-c2cncc(F)c2)cc(-c2noc(-c3ccc(F)cn3)n2)n1. The van der Waals surface area contributed by atoms with E-state index in [0.717, 1.165) is 30.6 Å². The van der Waals surface area contributed by atoms with E-state index in [1.165, 1.54) is 18.3 Å². The van der Waals surface area contributed by atoms with Crippen molar-refractivity contribution in [2.45, 2.75) is 19.8 Å². The molecule has 0 saturated carbocycles. The van der Waals surface area contributed by atoms with Crippen LogP contribution in [-0.2, 0) is 5.97 Å². The number of hydrogen-bond acceptors (Lipinski definition) is 9. The van der Waals surface area contributed by atoms with Gasteiger partial charge in [-0.2, -0.15) is 4.98 Å². The van der Waals surface area contributed by atoms with Gasteiger partial charge in [0.15, 0.2) is 0 Å². The van der Waals surface area contributed by atoms with Crippen LogP contribution in [0.1, 0.15) is 19.5 Å². The lowest BCUT2D eigenvalue weighted by atomic mass is 10.1. The highest BCUT2D eigenvalue weighted by Crippen LogP contribution is 2.28. The molecule has 3 N–H and O–H groups in total. The summed E-state index contributed by atoms with van der Waals surface area (Å²) in [5.74, 6) is -4.54. The predicted molar refractivity (Wildman–Crippen MR) is 104 cm³/mol. The van der Waals surface area contributed by atoms with Gasteiger partial charge in [0.1, 0.15) is 28.7 Å². The first-order valence-electron chi connectivity index (χ1n) is 9.06. The van der Waals surface area contributed by atoms with Gasteiger partial charge in [-0.25, -0.2) is 18.7 Å². The minimum atomic E-state index is -3.27. The first-order chi connectivity index (χ1) is 14.8. The second-order valence-corrected chi connectivity index (χ2v) is 5.94. The highest BCUT2D eigenvalue weighted by Gasteiger charge is 2.26. The largest absolute Gasteiger partial charge is 0.338 e. The smallest absolute Gasteiger partial charge is 0.322 e. The van der Waals surface area contributed by atoms with Gasteiger partial charge in [0, 0.05) is 11.8 Å². The molecule has 0 radical (unpaired) electrons. The molecule has 4 aromatic rings. The van der Waals surface area contributed by atoms with Crippen LogP contribution in [0.2, 0.25) is 0 Å². The molecule has 31 heavy (non-hydrogen) atoms. The number of hydrogen-bond donors (Lipinski definition) is 3. The normalized spacial score (nSPS) is 11.1. The Bertz CT molecular complexity index is 1180. The van der Waals surface area contributed by atoms with Crippen LogP contribution >= 0.6 is 0 Å². The average molecular weight is 429 g/mol. The second kappa shape index (κ2) is 9.00. The maximum atomic E-state index is 13.5. The van der Waals surface area contributed by atoms with Gasteiger partial charge in [-0.1, -0.05) is 19.0 Å². The summed E-state index contributed by atoms with van der Waals surface area (Å²) in [5, 5.41) is 32.4. The molecule has 9 nitrogen and oxygen atoms in total. The van der Waals surface area contributed by atoms with Crippen molar-refractivity contribution < 1.29 is 28.6 Å². The minimum absolute atomic E-state index is 0.0135. The molecular formula is C20H17F2N5O4. The molecule has 0 atom stereocenters. The number of halogens is 2. The first kappa shape index (κ1) is 22.0. The van der Waals surface area contributed by atoms with Crippen molar-refractivity contribution in [3.63, 3.8) is 0 Å². The Morgan fingerprint density at radius 3 is 2.26 bits per heavy atom. The summed E-state index contributed by atoms with van der Waals surface area (Å²) in [5.41, 5.74) is 0.172. The zero-order chi connectivity index (χ0) is 22.6. The molecule has 0 spiro atoms. The van der Waals surface area contributed by atoms with Gasteiger partial charge in [-0.3, -0.25) is 4.98 Å². The zero-order valence-corrected chi connectivity index (χ0v) is 16.4. The molecule has 4 heterocycles. The number of nitrogens with zero attached hydrogens (tertiary/aromatic N) is 5. The van der Waals surface area contributed by atoms with E-state index in [2.05, 4.69) is 25.1 Å². The number of rotatable bonds is 4. The van der Waals surface area contributed by atoms with E-state index in [-0.39, 0.29) is 34.2 Å². The average Bonchev–Trinajstić information content (AvgIpc) is 3.25. The fourth-order valence-electron chi connectivity index (χ4n) is 2.49. The van der Waals surface area contributed by atoms with Gasteiger partial charge in [0.05, 0.1) is 12.4 Å². The molecule has 4 rings (SSSR count). The molecule has 0 amide bonds. The van der Waals surface area contributed by atoms with Crippen LogP contribution in [0.15, 0.2) is 53.4 Å². The molecular weight excluding hydrogens is 412 g/mol. The predicted octanol–water partition coefficient (Wildman–Crippen LogP) is 2.65. The Morgan fingerprint density at radius 1 is 0.839 bits per heavy atom. The van der Waals surface area contributed by atoms with Crippen molar-refractivity contribution in [2.75, 3.05) is 0 Å². The Kier molecular flexibility index (Phi) is 6.39. The topological polar surface area (TPSA) is 138 Å². The van der Waals surface area contributed by atoms with Crippen LogP contribution in [0.5, 0.6) is 0 Å². The summed E-state index contributed by atoms with van der Waals surface area (Å²) < 4.78 is 31.6. The molecule has 160 valence electrons. The van der Waals surface area contributed by atoms with Gasteiger partial charge in [-0.05, 0) is 35.9 Å². The van der Waals surface area contributed by atoms with Crippen molar-refractivity contribution >= 4 is 0 Å². The van der Waals surface area contributed by atoms with E-state index in [9.17, 15) is 24.1 Å². The van der Waals surface area contributed by atoms with Gasteiger partial charge in [-0.15, -0.1) is 0 Å². The van der Waals surface area contributed by atoms with E-state index in [0.29, 0.717) is 0 Å². The fourth-order valence-corrected chi connectivity index (χ4v) is 2.49. The Hall–Kier alpha value is -3.67. The molecule has 11 heteroatoms. The molecule has 0 aromatic carbocycles. The van der Waals surface area contributed by atoms with Crippen LogP contribution in [0.3, 0.4) is 0 Å². The monoisotopic (exact) mass is 429 g/mol. The van der Waals surface area contributed by atoms with Crippen molar-refractivity contribution in [1.82, 2.24) is 25.1 Å². The molecule has 0 aliphatic carbocycles. The molecule has 0 saturated heterocycles. The first-order valence-corrected chi connectivity index (χ1v) is 9.06. The maximum absolute atomic E-state index is 13.5. The third kappa shape index (κ3) is 5.09. The van der Waals surface area contributed by atoms with Crippen LogP contribution in [0.25, 0.3) is 34.2 Å². The highest BCUT2D eigenvalue weighted by molar-refractivity contribution is 5.68. The lowest BCUT2D eigenvalue weighted by Gasteiger charge is -2.15. The summed E-state index contributed by atoms with van der Waals surface area (Å²) >= 11 is 0. The van der Waals surface area contributed by atoms with E-state index >= 15 is 0 Å². The van der Waals surface area contributed by atoms with Crippen molar-refractivity contribution in [2.24, 2.45) is 0 Å². The highest BCUT2D eigenvalue weighted by atomic mass is 19.1. The Balaban J connectivity index is 0.00000132. The van der Waals surface area contributed by atoms with Crippen molar-refractivity contribution in [3.8, 4) is 34.2 Å². The van der Waals surface area contributed by atoms with E-state index in [1.807, 2.05) is 13.8 Å². The van der Waals surface area contributed by atoms with Crippen LogP contribution in [0.4, 0.5) is 8.78 Å². The molecule has 0 unspecified atom stereocenters. The molecule has 0 aliphatic heterocycles. The molecule has 0 aliphatic rings. The minimum Gasteiger partial charge on any atom is -0.338 e. The van der Waals surface area contributed by atoms with Crippen LogP contribution < -0.4 is 0 Å². The summed E-state index contributed by atoms with van der Waals surface area (Å²) in [6, 6.07) is 6.22. The van der Waals surface area contributed by atoms with Crippen molar-refractivity contribution in [1.29, 1.82) is 0 Å². The quantitative estimate of drug-likeness (QED) is 0.418.